The maximum atomic E-state index is 6.64. The van der Waals surface area contributed by atoms with E-state index in [0.717, 1.165) is 28.7 Å². The van der Waals surface area contributed by atoms with Crippen molar-refractivity contribution >= 4 is 45.3 Å². The van der Waals surface area contributed by atoms with E-state index in [1.165, 1.54) is 6.33 Å². The van der Waals surface area contributed by atoms with Crippen LogP contribution in [-0.2, 0) is 21.4 Å². The third-order valence-corrected chi connectivity index (χ3v) is 7.42. The highest BCUT2D eigenvalue weighted by Gasteiger charge is 2.68. The van der Waals surface area contributed by atoms with Gasteiger partial charge in [0.2, 0.25) is 0 Å². The van der Waals surface area contributed by atoms with Gasteiger partial charge < -0.3 is 15.2 Å². The number of ether oxygens (including phenoxy) is 2. The first kappa shape index (κ1) is 22.6. The third kappa shape index (κ3) is 3.46. The fourth-order valence-corrected chi connectivity index (χ4v) is 6.28. The first-order valence-corrected chi connectivity index (χ1v) is 11.0. The second kappa shape index (κ2) is 7.43. The standard InChI is InChI=1S/C22H21B5N4O2/c1-12-7-19(5-4-17(12)32-22(25,26)27)8-14-3-2-13(15-9-29-11-30-10-15)6-16(14)20(19)21(23,24)33-18(28)31-20/h2-3,6,9-12,17H,4-5,7-8H2,1H3,(H2,28,31)/t12-,17-,19-,20+/m1/s1. The zero-order valence-corrected chi connectivity index (χ0v) is 18.6. The lowest BCUT2D eigenvalue weighted by Crippen LogP contribution is -2.60. The zero-order valence-electron chi connectivity index (χ0n) is 18.6. The van der Waals surface area contributed by atoms with Gasteiger partial charge in [-0.05, 0) is 59.7 Å². The molecule has 1 fully saturated rings. The molecule has 3 aliphatic rings. The first-order valence-electron chi connectivity index (χ1n) is 11.0. The molecule has 2 aliphatic carbocycles. The molecule has 1 aromatic heterocycles. The van der Waals surface area contributed by atoms with Gasteiger partial charge in [0.05, 0.1) is 35.0 Å². The average molecular weight is 427 g/mol. The van der Waals surface area contributed by atoms with Gasteiger partial charge in [0, 0.05) is 23.4 Å². The van der Waals surface area contributed by atoms with Gasteiger partial charge in [-0.1, -0.05) is 19.1 Å². The second-order valence-electron chi connectivity index (χ2n) is 9.74. The Labute approximate surface area is 201 Å². The number of hydrogen-bond donors (Lipinski definition) is 1. The average Bonchev–Trinajstić information content (AvgIpc) is 3.14. The molecule has 0 unspecified atom stereocenters. The van der Waals surface area contributed by atoms with Gasteiger partial charge in [0.25, 0.3) is 6.02 Å². The molecule has 2 N–H and O–H groups in total. The van der Waals surface area contributed by atoms with Crippen molar-refractivity contribution in [2.24, 2.45) is 22.1 Å². The number of aromatic nitrogens is 2. The molecule has 1 aliphatic heterocycles. The minimum Gasteiger partial charge on any atom is -0.476 e. The highest BCUT2D eigenvalue weighted by molar-refractivity contribution is 6.58. The highest BCUT2D eigenvalue weighted by Crippen LogP contribution is 2.65. The van der Waals surface area contributed by atoms with Crippen molar-refractivity contribution in [3.63, 3.8) is 0 Å². The number of rotatable bonds is 3. The van der Waals surface area contributed by atoms with Crippen LogP contribution in [0, 0.1) is 11.3 Å². The van der Waals surface area contributed by atoms with Crippen LogP contribution in [0.5, 0.6) is 0 Å². The summed E-state index contributed by atoms with van der Waals surface area (Å²) in [7, 11) is 30.4. The Kier molecular flexibility index (Phi) is 5.09. The number of nitrogens with zero attached hydrogens (tertiary/aromatic N) is 3. The minimum atomic E-state index is -1.70. The van der Waals surface area contributed by atoms with Crippen LogP contribution in [0.25, 0.3) is 11.1 Å². The molecule has 5 rings (SSSR count). The molecule has 11 heteroatoms. The maximum absolute atomic E-state index is 6.64. The Bertz CT molecular complexity index is 1110. The van der Waals surface area contributed by atoms with Crippen molar-refractivity contribution in [3.05, 3.63) is 48.0 Å². The number of benzene rings is 1. The van der Waals surface area contributed by atoms with Crippen molar-refractivity contribution in [1.29, 1.82) is 0 Å². The van der Waals surface area contributed by atoms with Crippen molar-refractivity contribution in [2.75, 3.05) is 0 Å². The van der Waals surface area contributed by atoms with Crippen LogP contribution in [0.15, 0.2) is 41.9 Å². The minimum absolute atomic E-state index is 0.0170. The molecular formula is C22H21B5N4O2. The van der Waals surface area contributed by atoms with E-state index in [2.05, 4.69) is 29.0 Å². The Morgan fingerprint density at radius 1 is 1.15 bits per heavy atom. The van der Waals surface area contributed by atoms with Crippen LogP contribution in [0.4, 0.5) is 0 Å². The molecule has 1 aromatic carbocycles. The molecule has 10 radical (unpaired) electrons. The molecule has 0 bridgehead atoms. The summed E-state index contributed by atoms with van der Waals surface area (Å²) in [4.78, 5) is 13.1. The van der Waals surface area contributed by atoms with E-state index in [0.29, 0.717) is 19.3 Å². The lowest BCUT2D eigenvalue weighted by molar-refractivity contribution is -0.0743. The van der Waals surface area contributed by atoms with Gasteiger partial charge in [0.1, 0.15) is 27.6 Å². The van der Waals surface area contributed by atoms with Gasteiger partial charge in [-0.3, -0.25) is 0 Å². The Hall–Kier alpha value is -2.15. The number of nitrogens with two attached hydrogens (primary N) is 1. The van der Waals surface area contributed by atoms with Crippen LogP contribution >= 0.6 is 0 Å². The molecule has 2 aromatic rings. The van der Waals surface area contributed by atoms with Crippen LogP contribution in [-0.4, -0.2) is 72.0 Å². The summed E-state index contributed by atoms with van der Waals surface area (Å²) in [6.45, 7) is 2.08. The molecule has 1 saturated carbocycles. The van der Waals surface area contributed by atoms with E-state index in [4.69, 9.17) is 59.4 Å². The summed E-state index contributed by atoms with van der Waals surface area (Å²) in [6.07, 6.45) is 7.59. The number of fused-ring (bicyclic) bond motifs is 3. The first-order chi connectivity index (χ1) is 15.5. The number of aliphatic imine (C=N–C) groups is 1. The maximum Gasteiger partial charge on any atom is 0.281 e. The predicted octanol–water partition coefficient (Wildman–Crippen LogP) is 0.539. The summed E-state index contributed by atoms with van der Waals surface area (Å²) in [6, 6.07) is 6.18. The van der Waals surface area contributed by atoms with E-state index in [9.17, 15) is 0 Å². The van der Waals surface area contributed by atoms with Crippen molar-refractivity contribution in [3.8, 4) is 11.1 Å². The topological polar surface area (TPSA) is 82.6 Å². The fraction of sp³-hybridized carbons (Fsp3) is 0.500. The molecule has 4 atom stereocenters. The van der Waals surface area contributed by atoms with E-state index >= 15 is 0 Å². The molecule has 2 heterocycles. The van der Waals surface area contributed by atoms with E-state index in [1.807, 2.05) is 6.07 Å². The predicted molar refractivity (Wildman–Crippen MR) is 130 cm³/mol. The zero-order chi connectivity index (χ0) is 23.6. The second-order valence-corrected chi connectivity index (χ2v) is 9.74. The van der Waals surface area contributed by atoms with Crippen LogP contribution < -0.4 is 5.73 Å². The van der Waals surface area contributed by atoms with Gasteiger partial charge in [-0.15, -0.1) is 0 Å². The highest BCUT2D eigenvalue weighted by atomic mass is 16.5. The van der Waals surface area contributed by atoms with E-state index < -0.39 is 21.7 Å². The normalized spacial score (nSPS) is 32.5. The van der Waals surface area contributed by atoms with Crippen molar-refractivity contribution < 1.29 is 9.47 Å². The van der Waals surface area contributed by atoms with Crippen LogP contribution in [0.3, 0.4) is 0 Å². The van der Waals surface area contributed by atoms with Crippen LogP contribution in [0.2, 0.25) is 0 Å². The number of hydrogen-bond acceptors (Lipinski definition) is 6. The summed E-state index contributed by atoms with van der Waals surface area (Å²) < 4.78 is 11.5. The Morgan fingerprint density at radius 3 is 2.48 bits per heavy atom. The summed E-state index contributed by atoms with van der Waals surface area (Å²) in [5.41, 5.74) is 8.40. The molecule has 2 spiro atoms. The monoisotopic (exact) mass is 428 g/mol. The summed E-state index contributed by atoms with van der Waals surface area (Å²) >= 11 is 0. The fourth-order valence-electron chi connectivity index (χ4n) is 6.28. The molecular weight excluding hydrogens is 406 g/mol. The molecule has 0 amide bonds. The number of amidine groups is 1. The van der Waals surface area contributed by atoms with Crippen molar-refractivity contribution in [2.45, 2.75) is 54.9 Å². The third-order valence-electron chi connectivity index (χ3n) is 7.42. The van der Waals surface area contributed by atoms with Gasteiger partial charge >= 0.3 is 0 Å². The van der Waals surface area contributed by atoms with E-state index in [1.54, 1.807) is 12.4 Å². The summed E-state index contributed by atoms with van der Waals surface area (Å²) in [5, 5.41) is -3.32. The summed E-state index contributed by atoms with van der Waals surface area (Å²) in [5.74, 6) is 0.0646. The lowest BCUT2D eigenvalue weighted by Gasteiger charge is -2.54. The Morgan fingerprint density at radius 2 is 1.88 bits per heavy atom. The molecule has 0 saturated heterocycles. The molecule has 6 nitrogen and oxygen atoms in total. The quantitative estimate of drug-likeness (QED) is 0.723. The lowest BCUT2D eigenvalue weighted by atomic mass is 9.44. The van der Waals surface area contributed by atoms with E-state index in [-0.39, 0.29) is 18.0 Å². The van der Waals surface area contributed by atoms with Crippen molar-refractivity contribution in [1.82, 2.24) is 9.97 Å². The molecule has 33 heavy (non-hydrogen) atoms. The SMILES string of the molecule is [B]C([B])([B])O[C@@H]1CC[C@]2(Cc3ccc(-c4cncnc4)cc3[C@]23N=C(N)OC3([B])[B])C[C@H]1C. The van der Waals surface area contributed by atoms with Gasteiger partial charge in [-0.2, -0.15) is 0 Å². The molecule has 156 valence electrons. The largest absolute Gasteiger partial charge is 0.476 e. The van der Waals surface area contributed by atoms with Gasteiger partial charge in [0.15, 0.2) is 0 Å². The smallest absolute Gasteiger partial charge is 0.281 e. The van der Waals surface area contributed by atoms with Gasteiger partial charge in [-0.25, -0.2) is 15.0 Å². The van der Waals surface area contributed by atoms with Crippen LogP contribution in [0.1, 0.15) is 37.3 Å². The Balaban J connectivity index is 1.62.